The summed E-state index contributed by atoms with van der Waals surface area (Å²) >= 11 is 2.74. The van der Waals surface area contributed by atoms with Crippen molar-refractivity contribution in [2.45, 2.75) is 35.8 Å². The molecule has 1 unspecified atom stereocenters. The van der Waals surface area contributed by atoms with Gasteiger partial charge >= 0.3 is 5.97 Å². The monoisotopic (exact) mass is 761 g/mol. The third-order valence-corrected chi connectivity index (χ3v) is 11.2. The molecule has 0 saturated carbocycles. The second-order valence-electron chi connectivity index (χ2n) is 12.3. The Labute approximate surface area is 321 Å². The van der Waals surface area contributed by atoms with Crippen molar-refractivity contribution >= 4 is 63.6 Å². The smallest absolute Gasteiger partial charge is 0.341 e. The van der Waals surface area contributed by atoms with Crippen LogP contribution in [0.25, 0.3) is 6.08 Å². The summed E-state index contributed by atoms with van der Waals surface area (Å²) in [7, 11) is 4.40. The fraction of sp³-hybridized carbons (Fsp3) is 0.190. The lowest BCUT2D eigenvalue weighted by atomic mass is 9.95. The highest BCUT2D eigenvalue weighted by Gasteiger charge is 2.30. The summed E-state index contributed by atoms with van der Waals surface area (Å²) in [6.07, 6.45) is 5.18. The van der Waals surface area contributed by atoms with Gasteiger partial charge in [0.2, 0.25) is 5.91 Å². The number of hydrogen-bond donors (Lipinski definition) is 3. The van der Waals surface area contributed by atoms with Crippen molar-refractivity contribution in [2.75, 3.05) is 32.0 Å². The van der Waals surface area contributed by atoms with Gasteiger partial charge in [-0.25, -0.2) is 4.79 Å². The molecule has 1 aliphatic rings. The van der Waals surface area contributed by atoms with Crippen LogP contribution in [0.15, 0.2) is 114 Å². The van der Waals surface area contributed by atoms with Crippen LogP contribution in [0.5, 0.6) is 11.5 Å². The molecule has 54 heavy (non-hydrogen) atoms. The van der Waals surface area contributed by atoms with Crippen molar-refractivity contribution in [1.29, 1.82) is 0 Å². The first-order valence-corrected chi connectivity index (χ1v) is 18.9. The molecule has 0 saturated heterocycles. The molecule has 0 fully saturated rings. The Hall–Kier alpha value is -5.85. The molecule has 3 amide bonds. The third-order valence-electron chi connectivity index (χ3n) is 8.73. The van der Waals surface area contributed by atoms with Gasteiger partial charge in [-0.2, -0.15) is 0 Å². The molecule has 0 aliphatic heterocycles. The van der Waals surface area contributed by atoms with Crippen molar-refractivity contribution in [3.8, 4) is 11.5 Å². The molecule has 1 atom stereocenters. The zero-order valence-electron chi connectivity index (χ0n) is 30.0. The zero-order chi connectivity index (χ0) is 38.0. The van der Waals surface area contributed by atoms with Gasteiger partial charge in [-0.05, 0) is 90.9 Å². The molecule has 1 heterocycles. The van der Waals surface area contributed by atoms with Crippen LogP contribution in [0.3, 0.4) is 0 Å². The maximum absolute atomic E-state index is 14.1. The first kappa shape index (κ1) is 37.9. The Kier molecular flexibility index (Phi) is 12.5. The van der Waals surface area contributed by atoms with Gasteiger partial charge in [0.15, 0.2) is 11.5 Å². The predicted molar refractivity (Wildman–Crippen MR) is 212 cm³/mol. The number of rotatable bonds is 13. The van der Waals surface area contributed by atoms with Gasteiger partial charge in [0.05, 0.1) is 26.9 Å². The molecule has 0 bridgehead atoms. The van der Waals surface area contributed by atoms with Crippen molar-refractivity contribution < 1.29 is 33.4 Å². The van der Waals surface area contributed by atoms with E-state index < -0.39 is 23.0 Å². The van der Waals surface area contributed by atoms with Crippen molar-refractivity contribution in [1.82, 2.24) is 5.32 Å². The molecule has 4 aromatic carbocycles. The number of carbonyl (C=O) groups is 4. The average molecular weight is 762 g/mol. The van der Waals surface area contributed by atoms with Crippen molar-refractivity contribution in [3.63, 3.8) is 0 Å². The number of anilines is 2. The molecular weight excluding hydrogens is 723 g/mol. The van der Waals surface area contributed by atoms with E-state index in [1.54, 1.807) is 72.8 Å². The number of nitrogens with one attached hydrogen (secondary N) is 3. The summed E-state index contributed by atoms with van der Waals surface area (Å²) in [6, 6.07) is 30.3. The van der Waals surface area contributed by atoms with Gasteiger partial charge in [0, 0.05) is 21.0 Å². The normalized spacial score (nSPS) is 12.8. The SMILES string of the molecule is COC(=O)c1c(NC(=O)C(Sc2cccc(NC(=O)/C(=C\c3ccc(OC)c(OC)c3)NC(=O)c3ccccc3)c2)c2ccccc2)sc2c1CCCC2. The van der Waals surface area contributed by atoms with Gasteiger partial charge < -0.3 is 30.2 Å². The summed E-state index contributed by atoms with van der Waals surface area (Å²) in [4.78, 5) is 55.9. The highest BCUT2D eigenvalue weighted by Crippen LogP contribution is 2.41. The lowest BCUT2D eigenvalue weighted by molar-refractivity contribution is -0.116. The second-order valence-corrected chi connectivity index (χ2v) is 14.6. The Morgan fingerprint density at radius 1 is 0.778 bits per heavy atom. The van der Waals surface area contributed by atoms with Crippen molar-refractivity contribution in [2.24, 2.45) is 0 Å². The van der Waals surface area contributed by atoms with E-state index in [1.165, 1.54) is 44.4 Å². The summed E-state index contributed by atoms with van der Waals surface area (Å²) in [5, 5.41) is 8.51. The Bertz CT molecular complexity index is 2180. The fourth-order valence-corrected chi connectivity index (χ4v) is 8.45. The van der Waals surface area contributed by atoms with E-state index in [-0.39, 0.29) is 11.6 Å². The Morgan fingerprint density at radius 3 is 2.22 bits per heavy atom. The summed E-state index contributed by atoms with van der Waals surface area (Å²) in [5.41, 5.74) is 3.57. The van der Waals surface area contributed by atoms with Crippen molar-refractivity contribution in [3.05, 3.63) is 142 Å². The van der Waals surface area contributed by atoms with E-state index in [2.05, 4.69) is 16.0 Å². The van der Waals surface area contributed by atoms with E-state index in [4.69, 9.17) is 14.2 Å². The average Bonchev–Trinajstić information content (AvgIpc) is 3.57. The van der Waals surface area contributed by atoms with E-state index in [0.717, 1.165) is 41.7 Å². The number of ether oxygens (including phenoxy) is 3. The maximum atomic E-state index is 14.1. The van der Waals surface area contributed by atoms with Crippen LogP contribution in [0, 0.1) is 0 Å². The van der Waals surface area contributed by atoms with Crippen LogP contribution in [-0.4, -0.2) is 45.0 Å². The molecule has 12 heteroatoms. The second kappa shape index (κ2) is 17.8. The quantitative estimate of drug-likeness (QED) is 0.0621. The number of thioether (sulfide) groups is 1. The highest BCUT2D eigenvalue weighted by molar-refractivity contribution is 8.00. The molecule has 0 spiro atoms. The van der Waals surface area contributed by atoms with Gasteiger partial charge in [0.1, 0.15) is 15.9 Å². The largest absolute Gasteiger partial charge is 0.493 e. The van der Waals surface area contributed by atoms with Gasteiger partial charge in [0.25, 0.3) is 11.8 Å². The lowest BCUT2D eigenvalue weighted by Crippen LogP contribution is -2.30. The van der Waals surface area contributed by atoms with E-state index >= 15 is 0 Å². The van der Waals surface area contributed by atoms with Gasteiger partial charge in [-0.3, -0.25) is 14.4 Å². The number of thiophene rings is 1. The number of aryl methyl sites for hydroxylation is 1. The topological polar surface area (TPSA) is 132 Å². The number of amides is 3. The summed E-state index contributed by atoms with van der Waals surface area (Å²) < 4.78 is 15.9. The van der Waals surface area contributed by atoms with Gasteiger partial charge in [-0.1, -0.05) is 60.7 Å². The molecule has 10 nitrogen and oxygen atoms in total. The molecular formula is C42H39N3O7S2. The minimum Gasteiger partial charge on any atom is -0.493 e. The van der Waals surface area contributed by atoms with Gasteiger partial charge in [-0.15, -0.1) is 23.1 Å². The van der Waals surface area contributed by atoms with E-state index in [9.17, 15) is 19.2 Å². The number of hydrogen-bond acceptors (Lipinski definition) is 9. The number of fused-ring (bicyclic) bond motifs is 1. The van der Waals surface area contributed by atoms with E-state index in [1.807, 2.05) is 36.4 Å². The number of benzene rings is 4. The molecule has 5 aromatic rings. The molecule has 0 radical (unpaired) electrons. The number of methoxy groups -OCH3 is 3. The van der Waals surface area contributed by atoms with Crippen LogP contribution in [0.1, 0.15) is 60.4 Å². The molecule has 1 aliphatic carbocycles. The van der Waals surface area contributed by atoms with Crippen LogP contribution < -0.4 is 25.4 Å². The third kappa shape index (κ3) is 9.02. The predicted octanol–water partition coefficient (Wildman–Crippen LogP) is 8.31. The Morgan fingerprint density at radius 2 is 1.50 bits per heavy atom. The van der Waals surface area contributed by atoms with Crippen LogP contribution in [-0.2, 0) is 27.2 Å². The minimum atomic E-state index is -0.701. The first-order chi connectivity index (χ1) is 26.3. The fourth-order valence-electron chi connectivity index (χ4n) is 6.08. The van der Waals surface area contributed by atoms with Crippen LogP contribution in [0.2, 0.25) is 0 Å². The summed E-state index contributed by atoms with van der Waals surface area (Å²) in [5.74, 6) is -0.803. The van der Waals surface area contributed by atoms with Crippen LogP contribution >= 0.6 is 23.1 Å². The molecule has 1 aromatic heterocycles. The Balaban J connectivity index is 1.26. The molecule has 276 valence electrons. The lowest BCUT2D eigenvalue weighted by Gasteiger charge is -2.18. The molecule has 3 N–H and O–H groups in total. The van der Waals surface area contributed by atoms with Crippen LogP contribution in [0.4, 0.5) is 10.7 Å². The van der Waals surface area contributed by atoms with E-state index in [0.29, 0.717) is 43.8 Å². The maximum Gasteiger partial charge on any atom is 0.341 e. The number of esters is 1. The summed E-state index contributed by atoms with van der Waals surface area (Å²) in [6.45, 7) is 0. The standard InChI is InChI=1S/C42H39N3O7S2/c1-50-33-22-21-26(24-34(33)51-2)23-32(44-38(46)28-15-8-5-9-16-28)39(47)43-29-17-12-18-30(25-29)53-37(27-13-6-4-7-14-27)40(48)45-41-36(42(49)52-3)31-19-10-11-20-35(31)54-41/h4-9,12-18,21-25,37H,10-11,19-20H2,1-3H3,(H,43,47)(H,44,46)(H,45,48)/b32-23+. The molecule has 6 rings (SSSR count). The first-order valence-electron chi connectivity index (χ1n) is 17.2. The highest BCUT2D eigenvalue weighted by atomic mass is 32.2. The zero-order valence-corrected chi connectivity index (χ0v) is 31.6. The minimum absolute atomic E-state index is 0.00396. The number of carbonyl (C=O) groups excluding carboxylic acids is 4.